The second-order valence-corrected chi connectivity index (χ2v) is 9.37. The van der Waals surface area contributed by atoms with Crippen LogP contribution in [0.15, 0.2) is 42.7 Å². The van der Waals surface area contributed by atoms with Gasteiger partial charge in [-0.1, -0.05) is 12.1 Å². The van der Waals surface area contributed by atoms with Crippen molar-refractivity contribution in [3.8, 4) is 5.75 Å². The van der Waals surface area contributed by atoms with Gasteiger partial charge in [0.2, 0.25) is 0 Å². The molecule has 0 aliphatic carbocycles. The van der Waals surface area contributed by atoms with Crippen molar-refractivity contribution >= 4 is 40.4 Å². The fourth-order valence-electron chi connectivity index (χ4n) is 3.39. The molecule has 0 radical (unpaired) electrons. The zero-order valence-corrected chi connectivity index (χ0v) is 22.4. The Morgan fingerprint density at radius 2 is 1.82 bits per heavy atom. The molecule has 0 aliphatic heterocycles. The number of nitrogens with one attached hydrogen (secondary N) is 3. The van der Waals surface area contributed by atoms with E-state index in [1.54, 1.807) is 6.92 Å². The summed E-state index contributed by atoms with van der Waals surface area (Å²) in [5, 5.41) is 9.31. The van der Waals surface area contributed by atoms with E-state index in [4.69, 9.17) is 19.2 Å². The number of carbonyl (C=O) groups excluding carboxylic acids is 2. The minimum Gasteiger partial charge on any atom is -0.491 e. The summed E-state index contributed by atoms with van der Waals surface area (Å²) in [6.07, 6.45) is 2.59. The Kier molecular flexibility index (Phi) is 10.4. The summed E-state index contributed by atoms with van der Waals surface area (Å²) in [5.74, 6) is 1.60. The van der Waals surface area contributed by atoms with E-state index in [1.165, 1.54) is 6.33 Å². The van der Waals surface area contributed by atoms with E-state index >= 15 is 0 Å². The number of esters is 1. The Morgan fingerprint density at radius 1 is 1.00 bits per heavy atom. The van der Waals surface area contributed by atoms with E-state index in [-0.39, 0.29) is 5.97 Å². The summed E-state index contributed by atoms with van der Waals surface area (Å²) >= 11 is 0. The van der Waals surface area contributed by atoms with Gasteiger partial charge in [-0.25, -0.2) is 19.7 Å². The topological polar surface area (TPSA) is 137 Å². The Labute approximate surface area is 222 Å². The molecule has 0 saturated heterocycles. The lowest BCUT2D eigenvalue weighted by Gasteiger charge is -2.19. The number of ether oxygens (including phenoxy) is 3. The van der Waals surface area contributed by atoms with E-state index in [0.29, 0.717) is 74.0 Å². The van der Waals surface area contributed by atoms with Gasteiger partial charge >= 0.3 is 12.1 Å². The highest BCUT2D eigenvalue weighted by Gasteiger charge is 2.15. The summed E-state index contributed by atoms with van der Waals surface area (Å²) in [4.78, 5) is 36.7. The van der Waals surface area contributed by atoms with E-state index in [1.807, 2.05) is 57.2 Å². The number of anilines is 3. The van der Waals surface area contributed by atoms with Crippen LogP contribution >= 0.6 is 0 Å². The van der Waals surface area contributed by atoms with Gasteiger partial charge in [-0.15, -0.1) is 0 Å². The molecule has 11 nitrogen and oxygen atoms in total. The maximum Gasteiger partial charge on any atom is 0.407 e. The largest absolute Gasteiger partial charge is 0.491 e. The van der Waals surface area contributed by atoms with Gasteiger partial charge in [0.05, 0.1) is 24.4 Å². The summed E-state index contributed by atoms with van der Waals surface area (Å²) in [6, 6.07) is 11.2. The first-order valence-corrected chi connectivity index (χ1v) is 12.7. The molecule has 1 aromatic carbocycles. The van der Waals surface area contributed by atoms with Crippen molar-refractivity contribution in [2.24, 2.45) is 0 Å². The molecule has 1 amide bonds. The predicted octanol–water partition coefficient (Wildman–Crippen LogP) is 4.82. The Hall–Kier alpha value is -4.15. The van der Waals surface area contributed by atoms with Gasteiger partial charge in [0, 0.05) is 19.5 Å². The number of benzene rings is 1. The SMILES string of the molecule is CCOC(=O)CCCOc1ccccc1Nc1ncnc2ccc(NCCCNC(=O)OC(C)(C)C)nc12. The lowest BCUT2D eigenvalue weighted by Crippen LogP contribution is -2.33. The van der Waals surface area contributed by atoms with Crippen molar-refractivity contribution in [3.63, 3.8) is 0 Å². The van der Waals surface area contributed by atoms with Crippen LogP contribution in [-0.2, 0) is 14.3 Å². The van der Waals surface area contributed by atoms with Crippen LogP contribution in [0.5, 0.6) is 5.75 Å². The molecule has 38 heavy (non-hydrogen) atoms. The fraction of sp³-hybridized carbons (Fsp3) is 0.444. The van der Waals surface area contributed by atoms with E-state index in [2.05, 4.69) is 25.9 Å². The average molecular weight is 525 g/mol. The number of nitrogens with zero attached hydrogens (tertiary/aromatic N) is 3. The molecule has 3 N–H and O–H groups in total. The monoisotopic (exact) mass is 524 g/mol. The quantitative estimate of drug-likeness (QED) is 0.211. The molecule has 2 heterocycles. The summed E-state index contributed by atoms with van der Waals surface area (Å²) in [6.45, 7) is 9.09. The number of alkyl carbamates (subject to hydrolysis) is 1. The molecule has 2 aromatic heterocycles. The Bertz CT molecular complexity index is 1210. The van der Waals surface area contributed by atoms with Gasteiger partial charge in [0.25, 0.3) is 0 Å². The van der Waals surface area contributed by atoms with Crippen molar-refractivity contribution in [3.05, 3.63) is 42.7 Å². The summed E-state index contributed by atoms with van der Waals surface area (Å²) in [5.41, 5.74) is 1.48. The summed E-state index contributed by atoms with van der Waals surface area (Å²) < 4.78 is 16.1. The molecule has 0 unspecified atom stereocenters. The van der Waals surface area contributed by atoms with Gasteiger partial charge < -0.3 is 30.2 Å². The number of amides is 1. The maximum absolute atomic E-state index is 11.8. The zero-order chi connectivity index (χ0) is 27.4. The molecule has 0 bridgehead atoms. The number of aromatic nitrogens is 3. The molecular formula is C27H36N6O5. The van der Waals surface area contributed by atoms with Crippen LogP contribution in [0.4, 0.5) is 22.1 Å². The molecule has 11 heteroatoms. The number of hydrogen-bond acceptors (Lipinski definition) is 10. The van der Waals surface area contributed by atoms with Gasteiger partial charge in [0.1, 0.15) is 29.0 Å². The second kappa shape index (κ2) is 14.0. The molecular weight excluding hydrogens is 488 g/mol. The molecule has 3 rings (SSSR count). The number of hydrogen-bond donors (Lipinski definition) is 3. The van der Waals surface area contributed by atoms with Crippen LogP contribution in [0.25, 0.3) is 11.0 Å². The van der Waals surface area contributed by atoms with Crippen molar-refractivity contribution in [2.45, 2.75) is 52.6 Å². The Balaban J connectivity index is 1.59. The average Bonchev–Trinajstić information content (AvgIpc) is 2.86. The second-order valence-electron chi connectivity index (χ2n) is 9.37. The van der Waals surface area contributed by atoms with Crippen molar-refractivity contribution < 1.29 is 23.8 Å². The zero-order valence-electron chi connectivity index (χ0n) is 22.4. The maximum atomic E-state index is 11.8. The van der Waals surface area contributed by atoms with Crippen molar-refractivity contribution in [1.29, 1.82) is 0 Å². The number of pyridine rings is 1. The van der Waals surface area contributed by atoms with Crippen LogP contribution in [-0.4, -0.2) is 58.9 Å². The highest BCUT2D eigenvalue weighted by molar-refractivity contribution is 5.88. The third kappa shape index (κ3) is 9.38. The smallest absolute Gasteiger partial charge is 0.407 e. The molecule has 0 saturated carbocycles. The normalized spacial score (nSPS) is 11.1. The van der Waals surface area contributed by atoms with Crippen molar-refractivity contribution in [2.75, 3.05) is 36.9 Å². The van der Waals surface area contributed by atoms with Crippen LogP contribution in [0.2, 0.25) is 0 Å². The standard InChI is InChI=1S/C27H36N6O5/c1-5-36-23(34)12-8-17-37-21-11-7-6-10-19(21)32-25-24-20(30-18-31-25)13-14-22(33-24)28-15-9-16-29-26(35)38-27(2,3)4/h6-7,10-11,13-14,18H,5,8-9,12,15-17H2,1-4H3,(H,28,33)(H,29,35)(H,30,31,32). The highest BCUT2D eigenvalue weighted by atomic mass is 16.6. The first-order valence-electron chi connectivity index (χ1n) is 12.7. The first-order chi connectivity index (χ1) is 18.2. The van der Waals surface area contributed by atoms with Crippen LogP contribution in [0.3, 0.4) is 0 Å². The van der Waals surface area contributed by atoms with Crippen LogP contribution in [0, 0.1) is 0 Å². The molecule has 0 atom stereocenters. The molecule has 3 aromatic rings. The van der Waals surface area contributed by atoms with E-state index < -0.39 is 11.7 Å². The third-order valence-electron chi connectivity index (χ3n) is 5.04. The van der Waals surface area contributed by atoms with Gasteiger partial charge in [-0.3, -0.25) is 4.79 Å². The molecule has 204 valence electrons. The minimum atomic E-state index is -0.526. The highest BCUT2D eigenvalue weighted by Crippen LogP contribution is 2.29. The first kappa shape index (κ1) is 28.4. The number of para-hydroxylation sites is 2. The lowest BCUT2D eigenvalue weighted by atomic mass is 10.2. The van der Waals surface area contributed by atoms with E-state index in [0.717, 1.165) is 5.69 Å². The van der Waals surface area contributed by atoms with Gasteiger partial charge in [0.15, 0.2) is 5.82 Å². The Morgan fingerprint density at radius 3 is 2.61 bits per heavy atom. The van der Waals surface area contributed by atoms with Gasteiger partial charge in [-0.05, 0) is 64.8 Å². The van der Waals surface area contributed by atoms with Crippen LogP contribution in [0.1, 0.15) is 47.0 Å². The molecule has 0 fully saturated rings. The van der Waals surface area contributed by atoms with Crippen molar-refractivity contribution in [1.82, 2.24) is 20.3 Å². The number of fused-ring (bicyclic) bond motifs is 1. The summed E-state index contributed by atoms with van der Waals surface area (Å²) in [7, 11) is 0. The van der Waals surface area contributed by atoms with Gasteiger partial charge in [-0.2, -0.15) is 0 Å². The van der Waals surface area contributed by atoms with E-state index in [9.17, 15) is 9.59 Å². The number of rotatable bonds is 13. The third-order valence-corrected chi connectivity index (χ3v) is 5.04. The minimum absolute atomic E-state index is 0.232. The fourth-order valence-corrected chi connectivity index (χ4v) is 3.39. The number of carbonyl (C=O) groups is 2. The lowest BCUT2D eigenvalue weighted by molar-refractivity contribution is -0.143. The van der Waals surface area contributed by atoms with Crippen LogP contribution < -0.4 is 20.7 Å². The predicted molar refractivity (Wildman–Crippen MR) is 146 cm³/mol. The molecule has 0 spiro atoms. The molecule has 0 aliphatic rings.